The summed E-state index contributed by atoms with van der Waals surface area (Å²) < 4.78 is 5.66. The minimum absolute atomic E-state index is 0.267. The zero-order chi connectivity index (χ0) is 14.8. The molecule has 0 spiro atoms. The summed E-state index contributed by atoms with van der Waals surface area (Å²) in [4.78, 5) is 25.8. The zero-order valence-corrected chi connectivity index (χ0v) is 12.7. The zero-order valence-electron chi connectivity index (χ0n) is 11.1. The second-order valence-corrected chi connectivity index (χ2v) is 6.38. The number of amides is 2. The predicted molar refractivity (Wildman–Crippen MR) is 83.0 cm³/mol. The van der Waals surface area contributed by atoms with Crippen LogP contribution in [0.3, 0.4) is 0 Å². The molecule has 0 radical (unpaired) electrons. The summed E-state index contributed by atoms with van der Waals surface area (Å²) in [5.41, 5.74) is 0. The molecule has 1 aromatic carbocycles. The van der Waals surface area contributed by atoms with E-state index in [1.165, 1.54) is 18.8 Å². The highest BCUT2D eigenvalue weighted by molar-refractivity contribution is 8.18. The van der Waals surface area contributed by atoms with Gasteiger partial charge in [-0.1, -0.05) is 30.0 Å². The number of rotatable bonds is 3. The standard InChI is InChI=1S/C15H11NO3S2/c1-16-14(17)12(21-15(16)18)9-10-7-8-13(19-10)20-11-5-3-2-4-6-11/h2-9H,1H3/b12-9+. The maximum atomic E-state index is 11.8. The molecule has 2 aromatic rings. The lowest BCUT2D eigenvalue weighted by Crippen LogP contribution is -2.22. The molecule has 6 heteroatoms. The fourth-order valence-corrected chi connectivity index (χ4v) is 3.35. The topological polar surface area (TPSA) is 50.5 Å². The van der Waals surface area contributed by atoms with Gasteiger partial charge in [-0.15, -0.1) is 0 Å². The van der Waals surface area contributed by atoms with Crippen LogP contribution in [0.5, 0.6) is 0 Å². The number of imide groups is 1. The van der Waals surface area contributed by atoms with Gasteiger partial charge in [-0.25, -0.2) is 0 Å². The van der Waals surface area contributed by atoms with Crippen LogP contribution in [0.2, 0.25) is 0 Å². The summed E-state index contributed by atoms with van der Waals surface area (Å²) in [5, 5.41) is 0.472. The molecule has 0 unspecified atom stereocenters. The molecule has 1 aliphatic heterocycles. The van der Waals surface area contributed by atoms with Crippen molar-refractivity contribution in [2.75, 3.05) is 7.05 Å². The number of nitrogens with zero attached hydrogens (tertiary/aromatic N) is 1. The molecule has 1 aromatic heterocycles. The minimum atomic E-state index is -0.293. The SMILES string of the molecule is CN1C(=O)S/C(=C/c2ccc(Sc3ccccc3)o2)C1=O. The average molecular weight is 317 g/mol. The summed E-state index contributed by atoms with van der Waals surface area (Å²) >= 11 is 2.42. The molecule has 0 atom stereocenters. The Bertz CT molecular complexity index is 722. The number of benzene rings is 1. The fourth-order valence-electron chi connectivity index (χ4n) is 1.75. The second-order valence-electron chi connectivity index (χ2n) is 4.31. The third kappa shape index (κ3) is 3.06. The lowest BCUT2D eigenvalue weighted by atomic mass is 10.4. The van der Waals surface area contributed by atoms with E-state index in [2.05, 4.69) is 0 Å². The van der Waals surface area contributed by atoms with Gasteiger partial charge in [0.25, 0.3) is 11.1 Å². The molecule has 0 N–H and O–H groups in total. The van der Waals surface area contributed by atoms with Crippen molar-refractivity contribution in [3.05, 3.63) is 53.1 Å². The summed E-state index contributed by atoms with van der Waals surface area (Å²) in [6, 6.07) is 13.5. The van der Waals surface area contributed by atoms with Gasteiger partial charge in [0.15, 0.2) is 5.09 Å². The monoisotopic (exact) mass is 317 g/mol. The van der Waals surface area contributed by atoms with E-state index in [4.69, 9.17) is 4.42 Å². The normalized spacial score (nSPS) is 17.0. The predicted octanol–water partition coefficient (Wildman–Crippen LogP) is 4.10. The molecular weight excluding hydrogens is 306 g/mol. The highest BCUT2D eigenvalue weighted by atomic mass is 32.2. The Morgan fingerprint density at radius 1 is 1.14 bits per heavy atom. The maximum absolute atomic E-state index is 11.8. The van der Waals surface area contributed by atoms with Crippen LogP contribution >= 0.6 is 23.5 Å². The van der Waals surface area contributed by atoms with E-state index < -0.39 is 0 Å². The van der Waals surface area contributed by atoms with E-state index in [-0.39, 0.29) is 11.1 Å². The molecule has 106 valence electrons. The summed E-state index contributed by atoms with van der Waals surface area (Å²) in [7, 11) is 1.47. The Hall–Kier alpha value is -1.92. The molecule has 1 saturated heterocycles. The maximum Gasteiger partial charge on any atom is 0.293 e. The number of thioether (sulfide) groups is 1. The molecular formula is C15H11NO3S2. The molecule has 0 bridgehead atoms. The Morgan fingerprint density at radius 3 is 2.57 bits per heavy atom. The van der Waals surface area contributed by atoms with Crippen LogP contribution in [0.15, 0.2) is 61.8 Å². The largest absolute Gasteiger partial charge is 0.450 e. The number of furan rings is 1. The first-order valence-electron chi connectivity index (χ1n) is 6.18. The van der Waals surface area contributed by atoms with Gasteiger partial charge < -0.3 is 4.42 Å². The fraction of sp³-hybridized carbons (Fsp3) is 0.0667. The molecule has 21 heavy (non-hydrogen) atoms. The molecule has 2 heterocycles. The van der Waals surface area contributed by atoms with Gasteiger partial charge in [0.2, 0.25) is 0 Å². The lowest BCUT2D eigenvalue weighted by Gasteiger charge is -2.00. The quantitative estimate of drug-likeness (QED) is 0.798. The highest BCUT2D eigenvalue weighted by Crippen LogP contribution is 2.33. The van der Waals surface area contributed by atoms with Gasteiger partial charge in [-0.3, -0.25) is 14.5 Å². The number of likely N-dealkylation sites (N-methyl/N-ethyl adjacent to an activating group) is 1. The van der Waals surface area contributed by atoms with Crippen molar-refractivity contribution >= 4 is 40.7 Å². The highest BCUT2D eigenvalue weighted by Gasteiger charge is 2.32. The Kier molecular flexibility index (Phi) is 3.90. The van der Waals surface area contributed by atoms with E-state index >= 15 is 0 Å². The Labute approximate surface area is 130 Å². The van der Waals surface area contributed by atoms with Gasteiger partial charge >= 0.3 is 0 Å². The first-order chi connectivity index (χ1) is 10.1. The summed E-state index contributed by atoms with van der Waals surface area (Å²) in [6.45, 7) is 0. The van der Waals surface area contributed by atoms with E-state index in [1.807, 2.05) is 36.4 Å². The summed E-state index contributed by atoms with van der Waals surface area (Å²) in [6.07, 6.45) is 1.60. The van der Waals surface area contributed by atoms with E-state index in [9.17, 15) is 9.59 Å². The number of hydrogen-bond acceptors (Lipinski definition) is 5. The van der Waals surface area contributed by atoms with Gasteiger partial charge in [0.1, 0.15) is 5.76 Å². The van der Waals surface area contributed by atoms with Crippen molar-refractivity contribution in [3.63, 3.8) is 0 Å². The van der Waals surface area contributed by atoms with E-state index in [0.29, 0.717) is 10.7 Å². The van der Waals surface area contributed by atoms with E-state index in [1.54, 1.807) is 12.1 Å². The minimum Gasteiger partial charge on any atom is -0.450 e. The van der Waals surface area contributed by atoms with Crippen molar-refractivity contribution in [2.45, 2.75) is 9.99 Å². The van der Waals surface area contributed by atoms with E-state index in [0.717, 1.165) is 26.6 Å². The van der Waals surface area contributed by atoms with Crippen molar-refractivity contribution in [2.24, 2.45) is 0 Å². The van der Waals surface area contributed by atoms with Gasteiger partial charge in [-0.05, 0) is 36.0 Å². The van der Waals surface area contributed by atoms with Crippen molar-refractivity contribution in [1.29, 1.82) is 0 Å². The van der Waals surface area contributed by atoms with Crippen molar-refractivity contribution in [1.82, 2.24) is 4.90 Å². The third-order valence-electron chi connectivity index (χ3n) is 2.82. The number of carbonyl (C=O) groups excluding carboxylic acids is 2. The van der Waals surface area contributed by atoms with Crippen LogP contribution in [-0.2, 0) is 4.79 Å². The molecule has 4 nitrogen and oxygen atoms in total. The molecule has 2 amide bonds. The van der Waals surface area contributed by atoms with Crippen LogP contribution in [-0.4, -0.2) is 23.1 Å². The first-order valence-corrected chi connectivity index (χ1v) is 7.81. The van der Waals surface area contributed by atoms with Crippen molar-refractivity contribution < 1.29 is 14.0 Å². The smallest absolute Gasteiger partial charge is 0.293 e. The molecule has 3 rings (SSSR count). The average Bonchev–Trinajstić information content (AvgIpc) is 3.01. The third-order valence-corrected chi connectivity index (χ3v) is 4.71. The van der Waals surface area contributed by atoms with Crippen LogP contribution in [0.25, 0.3) is 6.08 Å². The Balaban J connectivity index is 1.77. The van der Waals surface area contributed by atoms with Crippen LogP contribution in [0, 0.1) is 0 Å². The van der Waals surface area contributed by atoms with Gasteiger partial charge in [0, 0.05) is 18.0 Å². The van der Waals surface area contributed by atoms with Crippen LogP contribution in [0.1, 0.15) is 5.76 Å². The molecule has 1 aliphatic rings. The first kappa shape index (κ1) is 14.0. The number of carbonyl (C=O) groups is 2. The van der Waals surface area contributed by atoms with Crippen LogP contribution in [0.4, 0.5) is 4.79 Å². The molecule has 1 fully saturated rings. The van der Waals surface area contributed by atoms with Gasteiger partial charge in [-0.2, -0.15) is 0 Å². The Morgan fingerprint density at radius 2 is 1.90 bits per heavy atom. The molecule has 0 aliphatic carbocycles. The molecule has 0 saturated carbocycles. The lowest BCUT2D eigenvalue weighted by molar-refractivity contribution is -0.121. The van der Waals surface area contributed by atoms with Gasteiger partial charge in [0.05, 0.1) is 4.91 Å². The van der Waals surface area contributed by atoms with Crippen molar-refractivity contribution in [3.8, 4) is 0 Å². The summed E-state index contributed by atoms with van der Waals surface area (Å²) in [5.74, 6) is 0.269. The van der Waals surface area contributed by atoms with Crippen LogP contribution < -0.4 is 0 Å². The number of hydrogen-bond donors (Lipinski definition) is 0. The second kappa shape index (κ2) is 5.83.